The van der Waals surface area contributed by atoms with E-state index < -0.39 is 0 Å². The molecule has 0 amide bonds. The molecule has 0 atom stereocenters. The molecule has 1 N–H and O–H groups in total. The van der Waals surface area contributed by atoms with E-state index in [0.717, 1.165) is 6.04 Å². The Hall–Kier alpha value is -0.0800. The lowest BCUT2D eigenvalue weighted by Gasteiger charge is -2.31. The van der Waals surface area contributed by atoms with E-state index in [2.05, 4.69) is 17.3 Å². The molecule has 1 rings (SSSR count). The third-order valence-electron chi connectivity index (χ3n) is 3.64. The van der Waals surface area contributed by atoms with Crippen molar-refractivity contribution in [3.05, 3.63) is 0 Å². The first-order valence-corrected chi connectivity index (χ1v) is 6.69. The molecule has 0 aromatic rings. The molecular formula is C13H28N2. The summed E-state index contributed by atoms with van der Waals surface area (Å²) in [6.45, 7) is 2.47. The van der Waals surface area contributed by atoms with Crippen LogP contribution < -0.4 is 5.32 Å². The first kappa shape index (κ1) is 13.0. The van der Waals surface area contributed by atoms with E-state index in [9.17, 15) is 0 Å². The van der Waals surface area contributed by atoms with Gasteiger partial charge in [0.2, 0.25) is 0 Å². The van der Waals surface area contributed by atoms with Crippen molar-refractivity contribution in [1.82, 2.24) is 10.2 Å². The summed E-state index contributed by atoms with van der Waals surface area (Å²) in [6, 6.07) is 0.892. The molecule has 0 aliphatic heterocycles. The first-order valence-electron chi connectivity index (χ1n) is 6.69. The molecule has 0 spiro atoms. The summed E-state index contributed by atoms with van der Waals surface area (Å²) in [4.78, 5) is 2.60. The van der Waals surface area contributed by atoms with Crippen LogP contribution in [0.4, 0.5) is 0 Å². The fraction of sp³-hybridized carbons (Fsp3) is 1.00. The highest BCUT2D eigenvalue weighted by Crippen LogP contribution is 2.21. The Balaban J connectivity index is 1.99. The van der Waals surface area contributed by atoms with Crippen molar-refractivity contribution in [2.75, 3.05) is 27.2 Å². The van der Waals surface area contributed by atoms with Gasteiger partial charge in [-0.3, -0.25) is 0 Å². The molecule has 2 heteroatoms. The monoisotopic (exact) mass is 212 g/mol. The van der Waals surface area contributed by atoms with Crippen molar-refractivity contribution < 1.29 is 0 Å². The number of nitrogens with one attached hydrogen (secondary N) is 1. The third kappa shape index (κ3) is 5.53. The Morgan fingerprint density at radius 1 is 1.07 bits per heavy atom. The van der Waals surface area contributed by atoms with Gasteiger partial charge in [0.1, 0.15) is 0 Å². The molecule has 0 saturated heterocycles. The van der Waals surface area contributed by atoms with Crippen molar-refractivity contribution in [3.8, 4) is 0 Å². The van der Waals surface area contributed by atoms with Gasteiger partial charge >= 0.3 is 0 Å². The molecule has 90 valence electrons. The van der Waals surface area contributed by atoms with Crippen LogP contribution >= 0.6 is 0 Å². The highest BCUT2D eigenvalue weighted by molar-refractivity contribution is 4.73. The van der Waals surface area contributed by atoms with E-state index in [1.807, 2.05) is 7.05 Å². The molecule has 1 aliphatic carbocycles. The smallest absolute Gasteiger partial charge is 0.00922 e. The Kier molecular flexibility index (Phi) is 7.03. The van der Waals surface area contributed by atoms with Gasteiger partial charge in [0.25, 0.3) is 0 Å². The topological polar surface area (TPSA) is 15.3 Å². The lowest BCUT2D eigenvalue weighted by Crippen LogP contribution is -2.34. The number of hydrogen-bond acceptors (Lipinski definition) is 2. The standard InChI is InChI=1S/C13H28N2/c1-14-11-7-4-8-12-15(2)13-9-5-3-6-10-13/h13-14H,3-12H2,1-2H3. The van der Waals surface area contributed by atoms with Crippen LogP contribution in [0.5, 0.6) is 0 Å². The van der Waals surface area contributed by atoms with Crippen LogP contribution in [0.1, 0.15) is 51.4 Å². The second-order valence-corrected chi connectivity index (χ2v) is 4.94. The summed E-state index contributed by atoms with van der Waals surface area (Å²) in [7, 11) is 4.35. The minimum Gasteiger partial charge on any atom is -0.320 e. The highest BCUT2D eigenvalue weighted by Gasteiger charge is 2.16. The van der Waals surface area contributed by atoms with Crippen molar-refractivity contribution in [2.45, 2.75) is 57.4 Å². The zero-order chi connectivity index (χ0) is 10.9. The minimum absolute atomic E-state index is 0.892. The average Bonchev–Trinajstić information content (AvgIpc) is 2.30. The predicted octanol–water partition coefficient (Wildman–Crippen LogP) is 2.64. The fourth-order valence-electron chi connectivity index (χ4n) is 2.54. The van der Waals surface area contributed by atoms with Gasteiger partial charge in [0.05, 0.1) is 0 Å². The molecule has 0 radical (unpaired) electrons. The summed E-state index contributed by atoms with van der Waals surface area (Å²) < 4.78 is 0. The maximum atomic E-state index is 3.21. The van der Waals surface area contributed by atoms with Crippen molar-refractivity contribution in [2.24, 2.45) is 0 Å². The molecule has 1 fully saturated rings. The maximum absolute atomic E-state index is 3.21. The van der Waals surface area contributed by atoms with E-state index in [1.54, 1.807) is 0 Å². The Bertz CT molecular complexity index is 141. The van der Waals surface area contributed by atoms with Gasteiger partial charge in [0.15, 0.2) is 0 Å². The van der Waals surface area contributed by atoms with Crippen LogP contribution in [-0.4, -0.2) is 38.1 Å². The predicted molar refractivity (Wildman–Crippen MR) is 67.3 cm³/mol. The first-order chi connectivity index (χ1) is 7.34. The number of hydrogen-bond donors (Lipinski definition) is 1. The van der Waals surface area contributed by atoms with Crippen molar-refractivity contribution >= 4 is 0 Å². The van der Waals surface area contributed by atoms with E-state index in [1.165, 1.54) is 64.5 Å². The second kappa shape index (κ2) is 8.12. The SMILES string of the molecule is CNCCCCCN(C)C1CCCCC1. The molecule has 1 aliphatic rings. The molecule has 0 bridgehead atoms. The highest BCUT2D eigenvalue weighted by atomic mass is 15.1. The van der Waals surface area contributed by atoms with E-state index >= 15 is 0 Å². The minimum atomic E-state index is 0.892. The molecule has 0 heterocycles. The van der Waals surface area contributed by atoms with Gasteiger partial charge < -0.3 is 10.2 Å². The van der Waals surface area contributed by atoms with Gasteiger partial charge in [-0.15, -0.1) is 0 Å². The second-order valence-electron chi connectivity index (χ2n) is 4.94. The van der Waals surface area contributed by atoms with Crippen LogP contribution in [0.2, 0.25) is 0 Å². The average molecular weight is 212 g/mol. The summed E-state index contributed by atoms with van der Waals surface area (Å²) in [5.41, 5.74) is 0. The van der Waals surface area contributed by atoms with Gasteiger partial charge in [-0.1, -0.05) is 25.7 Å². The van der Waals surface area contributed by atoms with Gasteiger partial charge in [-0.2, -0.15) is 0 Å². The van der Waals surface area contributed by atoms with Gasteiger partial charge in [0, 0.05) is 6.04 Å². The molecule has 1 saturated carbocycles. The Morgan fingerprint density at radius 3 is 2.47 bits per heavy atom. The van der Waals surface area contributed by atoms with Crippen molar-refractivity contribution in [3.63, 3.8) is 0 Å². The summed E-state index contributed by atoms with van der Waals surface area (Å²) in [6.07, 6.45) is 11.3. The Labute approximate surface area is 95.4 Å². The van der Waals surface area contributed by atoms with E-state index in [0.29, 0.717) is 0 Å². The Morgan fingerprint density at radius 2 is 1.80 bits per heavy atom. The number of unbranched alkanes of at least 4 members (excludes halogenated alkanes) is 2. The van der Waals surface area contributed by atoms with Gasteiger partial charge in [-0.05, 0) is 52.9 Å². The molecule has 0 aromatic heterocycles. The summed E-state index contributed by atoms with van der Waals surface area (Å²) >= 11 is 0. The van der Waals surface area contributed by atoms with Crippen LogP contribution in [0.3, 0.4) is 0 Å². The molecule has 0 unspecified atom stereocenters. The fourth-order valence-corrected chi connectivity index (χ4v) is 2.54. The van der Waals surface area contributed by atoms with Crippen LogP contribution in [0, 0.1) is 0 Å². The van der Waals surface area contributed by atoms with E-state index in [-0.39, 0.29) is 0 Å². The largest absolute Gasteiger partial charge is 0.320 e. The van der Waals surface area contributed by atoms with E-state index in [4.69, 9.17) is 0 Å². The summed E-state index contributed by atoms with van der Waals surface area (Å²) in [5, 5.41) is 3.21. The molecule has 15 heavy (non-hydrogen) atoms. The lowest BCUT2D eigenvalue weighted by atomic mass is 9.94. The van der Waals surface area contributed by atoms with Crippen LogP contribution in [-0.2, 0) is 0 Å². The summed E-state index contributed by atoms with van der Waals surface area (Å²) in [5.74, 6) is 0. The van der Waals surface area contributed by atoms with Crippen LogP contribution in [0.15, 0.2) is 0 Å². The normalized spacial score (nSPS) is 18.6. The number of nitrogens with zero attached hydrogens (tertiary/aromatic N) is 1. The quantitative estimate of drug-likeness (QED) is 0.653. The third-order valence-corrected chi connectivity index (χ3v) is 3.64. The maximum Gasteiger partial charge on any atom is 0.00922 e. The van der Waals surface area contributed by atoms with Crippen molar-refractivity contribution in [1.29, 1.82) is 0 Å². The molecule has 0 aromatic carbocycles. The van der Waals surface area contributed by atoms with Gasteiger partial charge in [-0.25, -0.2) is 0 Å². The zero-order valence-corrected chi connectivity index (χ0v) is 10.6. The molecule has 2 nitrogen and oxygen atoms in total. The molecular weight excluding hydrogens is 184 g/mol. The number of rotatable bonds is 7. The zero-order valence-electron chi connectivity index (χ0n) is 10.6. The van der Waals surface area contributed by atoms with Crippen LogP contribution in [0.25, 0.3) is 0 Å². The lowest BCUT2D eigenvalue weighted by molar-refractivity contribution is 0.188.